The van der Waals surface area contributed by atoms with Gasteiger partial charge in [-0.1, -0.05) is 37.3 Å². The standard InChI is InChI=1S/C40H44F3N9O4S/c1-23-25(14-45-52(23)22-38-17-36(2)16-37(3,18-38)20-39(19-36,21-38)56-13-10-44)24-8-9-29(47-30(24)33(54)55)50-11-12-51-27(15-50)31(48-34(51)40(41,42)43)32(53)49-35-46-26-6-4-5-7-28(26)57-35/h4-9,14H,10-13,15-22,44H2,1-3H3,(H,54,55)(H,46,49,53). The van der Waals surface area contributed by atoms with Crippen LogP contribution in [0.2, 0.25) is 0 Å². The van der Waals surface area contributed by atoms with Crippen LogP contribution in [0.5, 0.6) is 0 Å². The number of anilines is 2. The number of nitrogens with zero attached hydrogens (tertiary/aromatic N) is 7. The van der Waals surface area contributed by atoms with E-state index < -0.39 is 23.9 Å². The second kappa shape index (κ2) is 13.1. The zero-order valence-electron chi connectivity index (χ0n) is 31.9. The van der Waals surface area contributed by atoms with Gasteiger partial charge in [-0.2, -0.15) is 18.3 Å². The number of benzene rings is 1. The van der Waals surface area contributed by atoms with Gasteiger partial charge in [0.25, 0.3) is 5.91 Å². The number of pyridine rings is 1. The number of amides is 1. The molecule has 4 saturated carbocycles. The van der Waals surface area contributed by atoms with Crippen LogP contribution in [0.25, 0.3) is 21.3 Å². The molecule has 0 radical (unpaired) electrons. The van der Waals surface area contributed by atoms with E-state index in [1.807, 2.05) is 23.7 Å². The van der Waals surface area contributed by atoms with Gasteiger partial charge in [-0.3, -0.25) is 14.8 Å². The number of carbonyl (C=O) groups excluding carboxylic acids is 1. The largest absolute Gasteiger partial charge is 0.476 e. The number of para-hydroxylation sites is 1. The van der Waals surface area contributed by atoms with E-state index in [0.717, 1.165) is 47.1 Å². The summed E-state index contributed by atoms with van der Waals surface area (Å²) in [7, 11) is 0. The third-order valence-corrected chi connectivity index (χ3v) is 13.4. The minimum absolute atomic E-state index is 0.0322. The number of aromatic nitrogens is 6. The predicted molar refractivity (Wildman–Crippen MR) is 207 cm³/mol. The monoisotopic (exact) mass is 803 g/mol. The molecule has 4 N–H and O–H groups in total. The summed E-state index contributed by atoms with van der Waals surface area (Å²) in [6.45, 7) is 8.17. The SMILES string of the molecule is Cc1c(-c2ccc(N3CCn4c(C(F)(F)F)nc(C(=O)Nc5nc6ccccc6s5)c4C3)nc2C(=O)O)cnn1CC12CC3(C)CC(C)(C1)CC(OCCN)(C3)C2. The molecule has 5 aliphatic rings. The van der Waals surface area contributed by atoms with Crippen LogP contribution in [0, 0.1) is 23.2 Å². The van der Waals surface area contributed by atoms with Crippen molar-refractivity contribution in [2.45, 2.75) is 90.7 Å². The third-order valence-electron chi connectivity index (χ3n) is 12.5. The number of fused-ring (bicyclic) bond motifs is 2. The highest BCUT2D eigenvalue weighted by molar-refractivity contribution is 7.22. The van der Waals surface area contributed by atoms with Gasteiger partial charge >= 0.3 is 12.1 Å². The van der Waals surface area contributed by atoms with E-state index in [9.17, 15) is 27.9 Å². The number of carboxylic acid groups (broad SMARTS) is 1. The Bertz CT molecular complexity index is 2390. The Hall–Kier alpha value is -4.87. The maximum atomic E-state index is 14.2. The first-order chi connectivity index (χ1) is 27.0. The number of carbonyl (C=O) groups is 2. The van der Waals surface area contributed by atoms with Crippen molar-refractivity contribution in [2.75, 3.05) is 29.9 Å². The van der Waals surface area contributed by atoms with Crippen molar-refractivity contribution in [1.29, 1.82) is 0 Å². The van der Waals surface area contributed by atoms with Crippen molar-refractivity contribution in [3.63, 3.8) is 0 Å². The number of alkyl halides is 3. The topological polar surface area (TPSA) is 166 Å². The van der Waals surface area contributed by atoms with Crippen molar-refractivity contribution in [2.24, 2.45) is 22.0 Å². The first kappa shape index (κ1) is 37.7. The molecule has 13 nitrogen and oxygen atoms in total. The highest BCUT2D eigenvalue weighted by atomic mass is 32.1. The Kier molecular flexibility index (Phi) is 8.65. The zero-order valence-corrected chi connectivity index (χ0v) is 32.8. The lowest BCUT2D eigenvalue weighted by molar-refractivity contribution is -0.247. The van der Waals surface area contributed by atoms with Crippen LogP contribution in [0.1, 0.15) is 90.6 Å². The van der Waals surface area contributed by atoms with Gasteiger partial charge in [0.05, 0.1) is 40.9 Å². The Morgan fingerprint density at radius 2 is 1.72 bits per heavy atom. The molecule has 4 fully saturated rings. The molecule has 0 spiro atoms. The number of imidazole rings is 1. The highest BCUT2D eigenvalue weighted by Gasteiger charge is 2.66. The number of hydrogen-bond donors (Lipinski definition) is 3. The first-order valence-corrected chi connectivity index (χ1v) is 20.0. The van der Waals surface area contributed by atoms with Gasteiger partial charge < -0.3 is 25.0 Å². The summed E-state index contributed by atoms with van der Waals surface area (Å²) in [5.74, 6) is -3.01. The Balaban J connectivity index is 0.993. The van der Waals surface area contributed by atoms with Crippen LogP contribution in [-0.4, -0.2) is 71.6 Å². The van der Waals surface area contributed by atoms with Crippen LogP contribution in [0.15, 0.2) is 42.6 Å². The summed E-state index contributed by atoms with van der Waals surface area (Å²) in [5, 5.41) is 18.1. The predicted octanol–water partition coefficient (Wildman–Crippen LogP) is 7.14. The second-order valence-electron chi connectivity index (χ2n) is 17.4. The summed E-state index contributed by atoms with van der Waals surface area (Å²) in [6.07, 6.45) is 3.18. The molecule has 10 rings (SSSR count). The van der Waals surface area contributed by atoms with Gasteiger partial charge in [-0.05, 0) is 86.0 Å². The molecule has 4 bridgehead atoms. The summed E-state index contributed by atoms with van der Waals surface area (Å²) in [4.78, 5) is 40.7. The summed E-state index contributed by atoms with van der Waals surface area (Å²) < 4.78 is 53.0. The summed E-state index contributed by atoms with van der Waals surface area (Å²) in [5.41, 5.74) is 7.89. The van der Waals surface area contributed by atoms with E-state index >= 15 is 0 Å². The fourth-order valence-electron chi connectivity index (χ4n) is 11.7. The first-order valence-electron chi connectivity index (χ1n) is 19.2. The Labute approximate surface area is 330 Å². The number of carboxylic acids is 1. The number of rotatable bonds is 10. The number of nitrogens with two attached hydrogens (primary N) is 1. The average Bonchev–Trinajstić information content (AvgIpc) is 3.83. The van der Waals surface area contributed by atoms with Gasteiger partial charge in [0.2, 0.25) is 5.82 Å². The zero-order chi connectivity index (χ0) is 40.1. The molecule has 1 aliphatic heterocycles. The molecule has 5 aromatic rings. The summed E-state index contributed by atoms with van der Waals surface area (Å²) in [6, 6.07) is 10.6. The van der Waals surface area contributed by atoms with Crippen molar-refractivity contribution >= 4 is 44.4 Å². The number of aromatic carboxylic acids is 1. The molecule has 2 unspecified atom stereocenters. The lowest BCUT2D eigenvalue weighted by Gasteiger charge is -2.69. The van der Waals surface area contributed by atoms with E-state index in [4.69, 9.17) is 15.6 Å². The molecule has 4 aliphatic carbocycles. The quantitative estimate of drug-likeness (QED) is 0.132. The molecule has 57 heavy (non-hydrogen) atoms. The van der Waals surface area contributed by atoms with E-state index in [1.54, 1.807) is 35.4 Å². The number of hydrogen-bond acceptors (Lipinski definition) is 10. The Morgan fingerprint density at radius 1 is 0.965 bits per heavy atom. The maximum absolute atomic E-state index is 14.2. The molecule has 1 amide bonds. The van der Waals surface area contributed by atoms with Gasteiger partial charge in [0, 0.05) is 43.0 Å². The smallest absolute Gasteiger partial charge is 0.449 e. The van der Waals surface area contributed by atoms with E-state index in [1.165, 1.54) is 17.8 Å². The summed E-state index contributed by atoms with van der Waals surface area (Å²) >= 11 is 1.20. The lowest BCUT2D eigenvalue weighted by Crippen LogP contribution is -2.64. The highest BCUT2D eigenvalue weighted by Crippen LogP contribution is 2.72. The van der Waals surface area contributed by atoms with Crippen molar-refractivity contribution < 1.29 is 32.6 Å². The Morgan fingerprint density at radius 3 is 2.42 bits per heavy atom. The molecule has 1 aromatic carbocycles. The molecule has 5 heterocycles. The van der Waals surface area contributed by atoms with E-state index in [-0.39, 0.29) is 69.5 Å². The second-order valence-corrected chi connectivity index (χ2v) is 18.4. The van der Waals surface area contributed by atoms with Crippen LogP contribution in [0.3, 0.4) is 0 Å². The van der Waals surface area contributed by atoms with Crippen LogP contribution >= 0.6 is 11.3 Å². The van der Waals surface area contributed by atoms with Crippen LogP contribution < -0.4 is 16.0 Å². The van der Waals surface area contributed by atoms with E-state index in [0.29, 0.717) is 36.3 Å². The van der Waals surface area contributed by atoms with Crippen molar-refractivity contribution in [1.82, 2.24) is 29.3 Å². The fraction of sp³-hybridized carbons (Fsp3) is 0.500. The third kappa shape index (κ3) is 6.56. The molecule has 0 saturated heterocycles. The number of ether oxygens (including phenoxy) is 1. The van der Waals surface area contributed by atoms with Gasteiger partial charge in [-0.15, -0.1) is 0 Å². The van der Waals surface area contributed by atoms with Gasteiger partial charge in [0.15, 0.2) is 16.5 Å². The molecule has 17 heteroatoms. The normalized spacial score (nSPS) is 26.6. The van der Waals surface area contributed by atoms with Crippen LogP contribution in [-0.2, 0) is 30.5 Å². The van der Waals surface area contributed by atoms with Gasteiger partial charge in [0.1, 0.15) is 5.82 Å². The molecular formula is C40H44F3N9O4S. The van der Waals surface area contributed by atoms with Crippen LogP contribution in [0.4, 0.5) is 24.1 Å². The number of nitrogens with one attached hydrogen (secondary N) is 1. The average molecular weight is 804 g/mol. The minimum atomic E-state index is -4.81. The fourth-order valence-corrected chi connectivity index (χ4v) is 12.5. The van der Waals surface area contributed by atoms with Crippen molar-refractivity contribution in [3.8, 4) is 11.1 Å². The molecule has 300 valence electrons. The number of thiazole rings is 1. The maximum Gasteiger partial charge on any atom is 0.449 e. The minimum Gasteiger partial charge on any atom is -0.476 e. The lowest BCUT2D eigenvalue weighted by atomic mass is 9.39. The molecule has 4 aromatic heterocycles. The molecular weight excluding hydrogens is 760 g/mol. The van der Waals surface area contributed by atoms with Crippen molar-refractivity contribution in [3.05, 3.63) is 71.2 Å². The van der Waals surface area contributed by atoms with Gasteiger partial charge in [-0.25, -0.2) is 19.7 Å². The van der Waals surface area contributed by atoms with E-state index in [2.05, 4.69) is 34.1 Å². The number of halogens is 3. The molecule has 2 atom stereocenters.